The van der Waals surface area contributed by atoms with E-state index in [2.05, 4.69) is 68.5 Å². The summed E-state index contributed by atoms with van der Waals surface area (Å²) in [5, 5.41) is 0. The quantitative estimate of drug-likeness (QED) is 0.648. The van der Waals surface area contributed by atoms with Crippen LogP contribution in [0.4, 0.5) is 0 Å². The monoisotopic (exact) mass is 259 g/mol. The molecule has 2 heteroatoms. The van der Waals surface area contributed by atoms with Crippen LogP contribution in [0.1, 0.15) is 46.2 Å². The van der Waals surface area contributed by atoms with Gasteiger partial charge in [0.15, 0.2) is 0 Å². The molecule has 2 nitrogen and oxygen atoms in total. The summed E-state index contributed by atoms with van der Waals surface area (Å²) in [5.41, 5.74) is 3.08. The minimum Gasteiger partial charge on any atom is -0.261 e. The van der Waals surface area contributed by atoms with Crippen LogP contribution in [0.2, 0.25) is 0 Å². The van der Waals surface area contributed by atoms with Gasteiger partial charge in [0.2, 0.25) is 0 Å². The lowest BCUT2D eigenvalue weighted by atomic mass is 9.82. The fourth-order valence-corrected chi connectivity index (χ4v) is 3.79. The van der Waals surface area contributed by atoms with E-state index >= 15 is 0 Å². The molecule has 1 aromatic rings. The Labute approximate surface area is 117 Å². The van der Waals surface area contributed by atoms with E-state index in [0.29, 0.717) is 12.1 Å². The van der Waals surface area contributed by atoms with Crippen molar-refractivity contribution in [3.05, 3.63) is 35.4 Å². The maximum absolute atomic E-state index is 2.62. The molecule has 3 rings (SSSR count). The Hall–Kier alpha value is -1.31. The number of fused-ring (bicyclic) bond motifs is 2. The first kappa shape index (κ1) is 14.1. The van der Waals surface area contributed by atoms with E-state index in [1.54, 1.807) is 0 Å². The van der Waals surface area contributed by atoms with Crippen LogP contribution in [0.3, 0.4) is 0 Å². The van der Waals surface area contributed by atoms with Crippen LogP contribution >= 0.6 is 0 Å². The van der Waals surface area contributed by atoms with Crippen molar-refractivity contribution >= 4 is 5.84 Å². The molecule has 0 spiro atoms. The molecule has 2 aliphatic rings. The summed E-state index contributed by atoms with van der Waals surface area (Å²) >= 11 is 0. The lowest BCUT2D eigenvalue weighted by molar-refractivity contribution is -0.527. The van der Waals surface area contributed by atoms with E-state index in [-0.39, 0.29) is 13.0 Å². The van der Waals surface area contributed by atoms with Gasteiger partial charge in [0.1, 0.15) is 17.6 Å². The number of hydrogen-bond acceptors (Lipinski definition) is 1. The van der Waals surface area contributed by atoms with Crippen LogP contribution in [-0.4, -0.2) is 34.4 Å². The zero-order chi connectivity index (χ0) is 13.1. The molecular weight excluding hydrogens is 232 g/mol. The first-order valence-corrected chi connectivity index (χ1v) is 6.91. The Kier molecular flexibility index (Phi) is 3.24. The highest BCUT2D eigenvalue weighted by atomic mass is 15.4. The molecule has 2 unspecified atom stereocenters. The van der Waals surface area contributed by atoms with Gasteiger partial charge in [-0.3, -0.25) is 4.58 Å². The summed E-state index contributed by atoms with van der Waals surface area (Å²) < 4.78 is 2.46. The van der Waals surface area contributed by atoms with Gasteiger partial charge in [0.25, 0.3) is 5.84 Å². The summed E-state index contributed by atoms with van der Waals surface area (Å²) in [6.07, 6.45) is 1.07. The normalized spacial score (nSPS) is 27.7. The number of benzene rings is 1. The number of likely N-dealkylation sites (N-methyl/N-ethyl adjacent to an activating group) is 1. The van der Waals surface area contributed by atoms with Gasteiger partial charge >= 0.3 is 0 Å². The van der Waals surface area contributed by atoms with E-state index in [4.69, 9.17) is 0 Å². The van der Waals surface area contributed by atoms with Crippen LogP contribution in [0.15, 0.2) is 24.3 Å². The van der Waals surface area contributed by atoms with Crippen LogP contribution in [-0.2, 0) is 12.0 Å². The molecule has 2 heterocycles. The van der Waals surface area contributed by atoms with Crippen molar-refractivity contribution < 1.29 is 4.58 Å². The molecule has 0 saturated heterocycles. The summed E-state index contributed by atoms with van der Waals surface area (Å²) in [7, 11) is 2.24. The highest BCUT2D eigenvalue weighted by Crippen LogP contribution is 2.40. The lowest BCUT2D eigenvalue weighted by Crippen LogP contribution is -2.52. The molecule has 1 aromatic carbocycles. The molecule has 0 amide bonds. The zero-order valence-corrected chi connectivity index (χ0v) is 12.1. The molecule has 0 fully saturated rings. The number of nitrogens with zero attached hydrogens (tertiary/aromatic N) is 2. The van der Waals surface area contributed by atoms with Gasteiger partial charge in [-0.15, -0.1) is 0 Å². The van der Waals surface area contributed by atoms with Crippen molar-refractivity contribution in [2.75, 3.05) is 7.05 Å². The van der Waals surface area contributed by atoms with Gasteiger partial charge in [0.05, 0.1) is 13.5 Å². The smallest absolute Gasteiger partial charge is 0.252 e. The van der Waals surface area contributed by atoms with Crippen LogP contribution in [0.5, 0.6) is 0 Å². The van der Waals surface area contributed by atoms with Gasteiger partial charge in [-0.2, -0.15) is 0 Å². The fourth-order valence-electron chi connectivity index (χ4n) is 3.79. The van der Waals surface area contributed by atoms with Crippen LogP contribution in [0.25, 0.3) is 0 Å². The summed E-state index contributed by atoms with van der Waals surface area (Å²) in [6.45, 7) is 9.39. The van der Waals surface area contributed by atoms with Gasteiger partial charge in [-0.05, 0) is 33.3 Å². The van der Waals surface area contributed by atoms with Crippen molar-refractivity contribution in [3.8, 4) is 0 Å². The minimum atomic E-state index is 0. The third kappa shape index (κ3) is 1.73. The Morgan fingerprint density at radius 2 is 1.84 bits per heavy atom. The Morgan fingerprint density at radius 1 is 1.21 bits per heavy atom. The largest absolute Gasteiger partial charge is 0.261 e. The van der Waals surface area contributed by atoms with Crippen LogP contribution < -0.4 is 0 Å². The Balaban J connectivity index is 0.00000133. The van der Waals surface area contributed by atoms with E-state index in [1.807, 2.05) is 0 Å². The molecular formula is C17H27N2+. The molecule has 104 valence electrons. The average Bonchev–Trinajstić information content (AvgIpc) is 2.55. The molecule has 0 N–H and O–H groups in total. The fraction of sp³-hybridized carbons (Fsp3) is 0.588. The number of rotatable bonds is 0. The topological polar surface area (TPSA) is 6.25 Å². The van der Waals surface area contributed by atoms with Crippen molar-refractivity contribution in [1.82, 2.24) is 4.90 Å². The molecule has 0 saturated carbocycles. The Bertz CT molecular complexity index is 528. The third-order valence-corrected chi connectivity index (χ3v) is 5.03. The first-order chi connectivity index (χ1) is 8.44. The predicted molar refractivity (Wildman–Crippen MR) is 81.9 cm³/mol. The molecule has 2 aliphatic heterocycles. The van der Waals surface area contributed by atoms with Gasteiger partial charge in [0, 0.05) is 5.56 Å². The predicted octanol–water partition coefficient (Wildman–Crippen LogP) is 3.25. The minimum absolute atomic E-state index is 0. The van der Waals surface area contributed by atoms with E-state index in [9.17, 15) is 0 Å². The van der Waals surface area contributed by atoms with E-state index < -0.39 is 0 Å². The SMILES string of the molecule is C.CC1C(C)[N+](C)=C2Cc3ccccc3C(C)(C)N21. The Morgan fingerprint density at radius 3 is 2.53 bits per heavy atom. The van der Waals surface area contributed by atoms with E-state index in [1.165, 1.54) is 17.0 Å². The standard InChI is InChI=1S/C16H23N2.CH4/c1-11-12(2)18-15(17(11)5)10-13-8-6-7-9-14(13)16(18,3)4;/h6-9,11-12H,10H2,1-5H3;1H4/q+1;. The molecule has 19 heavy (non-hydrogen) atoms. The van der Waals surface area contributed by atoms with Crippen molar-refractivity contribution in [2.24, 2.45) is 0 Å². The maximum Gasteiger partial charge on any atom is 0.252 e. The average molecular weight is 259 g/mol. The second-order valence-corrected chi connectivity index (χ2v) is 6.27. The summed E-state index contributed by atoms with van der Waals surface area (Å²) in [4.78, 5) is 2.62. The molecule has 0 bridgehead atoms. The van der Waals surface area contributed by atoms with Crippen molar-refractivity contribution in [1.29, 1.82) is 0 Å². The number of hydrogen-bond donors (Lipinski definition) is 0. The maximum atomic E-state index is 2.62. The number of amidine groups is 1. The zero-order valence-electron chi connectivity index (χ0n) is 12.1. The molecule has 0 aliphatic carbocycles. The highest BCUT2D eigenvalue weighted by molar-refractivity contribution is 5.85. The van der Waals surface area contributed by atoms with Gasteiger partial charge < -0.3 is 0 Å². The third-order valence-electron chi connectivity index (χ3n) is 5.03. The van der Waals surface area contributed by atoms with Crippen molar-refractivity contribution in [3.63, 3.8) is 0 Å². The lowest BCUT2D eigenvalue weighted by Gasteiger charge is -2.39. The van der Waals surface area contributed by atoms with Gasteiger partial charge in [-0.1, -0.05) is 31.7 Å². The summed E-state index contributed by atoms with van der Waals surface area (Å²) in [5.74, 6) is 1.48. The molecule has 0 aromatic heterocycles. The first-order valence-electron chi connectivity index (χ1n) is 6.91. The van der Waals surface area contributed by atoms with E-state index in [0.717, 1.165) is 6.42 Å². The van der Waals surface area contributed by atoms with Gasteiger partial charge in [-0.25, -0.2) is 4.90 Å². The second-order valence-electron chi connectivity index (χ2n) is 6.27. The van der Waals surface area contributed by atoms with Crippen LogP contribution in [0, 0.1) is 0 Å². The summed E-state index contributed by atoms with van der Waals surface area (Å²) in [6, 6.07) is 10.1. The second kappa shape index (κ2) is 4.36. The molecule has 2 atom stereocenters. The highest BCUT2D eigenvalue weighted by Gasteiger charge is 2.52. The molecule has 0 radical (unpaired) electrons. The van der Waals surface area contributed by atoms with Crippen molar-refractivity contribution in [2.45, 2.75) is 59.2 Å².